The summed E-state index contributed by atoms with van der Waals surface area (Å²) in [6.07, 6.45) is 2.04. The maximum Gasteiger partial charge on any atom is 0.196 e. The number of para-hydroxylation sites is 2. The van der Waals surface area contributed by atoms with Crippen LogP contribution < -0.4 is 4.90 Å². The molecule has 6 heteroatoms. The first-order valence-electron chi connectivity index (χ1n) is 8.69. The van der Waals surface area contributed by atoms with Gasteiger partial charge in [-0.25, -0.2) is 4.98 Å². The van der Waals surface area contributed by atoms with Crippen LogP contribution >= 0.6 is 0 Å². The van der Waals surface area contributed by atoms with Crippen LogP contribution in [0.25, 0.3) is 22.7 Å². The summed E-state index contributed by atoms with van der Waals surface area (Å²) in [5, 5.41) is 9.54. The van der Waals surface area contributed by atoms with Gasteiger partial charge in [0.15, 0.2) is 5.88 Å². The predicted octanol–water partition coefficient (Wildman–Crippen LogP) is 3.83. The minimum atomic E-state index is 0.160. The molecule has 6 nitrogen and oxygen atoms in total. The van der Waals surface area contributed by atoms with Gasteiger partial charge in [-0.1, -0.05) is 12.1 Å². The Kier molecular flexibility index (Phi) is 4.23. The van der Waals surface area contributed by atoms with Gasteiger partial charge in [-0.15, -0.1) is 0 Å². The molecule has 3 aromatic rings. The van der Waals surface area contributed by atoms with Gasteiger partial charge in [0, 0.05) is 25.2 Å². The normalized spacial score (nSPS) is 21.1. The third-order valence-electron chi connectivity index (χ3n) is 4.40. The van der Waals surface area contributed by atoms with E-state index in [9.17, 15) is 5.26 Å². The molecule has 1 N–H and O–H groups in total. The number of imidazole rings is 1. The molecule has 2 aromatic heterocycles. The Morgan fingerprint density at radius 1 is 1.23 bits per heavy atom. The van der Waals surface area contributed by atoms with Crippen LogP contribution in [0.15, 0.2) is 40.8 Å². The molecule has 1 aromatic carbocycles. The molecule has 0 radical (unpaired) electrons. The Balaban J connectivity index is 1.61. The van der Waals surface area contributed by atoms with Crippen LogP contribution in [0.1, 0.15) is 25.4 Å². The quantitative estimate of drug-likeness (QED) is 0.728. The van der Waals surface area contributed by atoms with Crippen molar-refractivity contribution >= 4 is 28.6 Å². The van der Waals surface area contributed by atoms with Crippen LogP contribution in [-0.4, -0.2) is 35.3 Å². The molecule has 0 amide bonds. The first-order chi connectivity index (χ1) is 12.6. The molecule has 1 aliphatic rings. The lowest BCUT2D eigenvalue weighted by Crippen LogP contribution is -2.45. The van der Waals surface area contributed by atoms with Crippen molar-refractivity contribution in [2.24, 2.45) is 0 Å². The number of hydrogen-bond donors (Lipinski definition) is 1. The Morgan fingerprint density at radius 3 is 2.73 bits per heavy atom. The zero-order chi connectivity index (χ0) is 18.1. The molecule has 0 spiro atoms. The highest BCUT2D eigenvalue weighted by Gasteiger charge is 2.24. The first kappa shape index (κ1) is 16.4. The average Bonchev–Trinajstić information content (AvgIpc) is 3.25. The first-order valence-corrected chi connectivity index (χ1v) is 8.69. The lowest BCUT2D eigenvalue weighted by atomic mass is 10.2. The van der Waals surface area contributed by atoms with E-state index in [1.165, 1.54) is 0 Å². The van der Waals surface area contributed by atoms with E-state index in [2.05, 4.69) is 34.8 Å². The Bertz CT molecular complexity index is 952. The number of anilines is 1. The molecule has 26 heavy (non-hydrogen) atoms. The van der Waals surface area contributed by atoms with E-state index >= 15 is 0 Å². The number of ether oxygens (including phenoxy) is 1. The lowest BCUT2D eigenvalue weighted by molar-refractivity contribution is -0.00641. The Labute approximate surface area is 151 Å². The fourth-order valence-corrected chi connectivity index (χ4v) is 3.32. The molecule has 0 aliphatic carbocycles. The number of rotatable bonds is 3. The van der Waals surface area contributed by atoms with Gasteiger partial charge in [0.05, 0.1) is 28.8 Å². The number of hydrogen-bond acceptors (Lipinski definition) is 5. The predicted molar refractivity (Wildman–Crippen MR) is 101 cm³/mol. The van der Waals surface area contributed by atoms with Crippen molar-refractivity contribution in [3.63, 3.8) is 0 Å². The molecular formula is C20H20N4O2. The van der Waals surface area contributed by atoms with Crippen molar-refractivity contribution in [1.82, 2.24) is 9.97 Å². The highest BCUT2D eigenvalue weighted by atomic mass is 16.5. The smallest absolute Gasteiger partial charge is 0.196 e. The Hall–Kier alpha value is -3.04. The molecule has 4 rings (SSSR count). The molecule has 0 saturated carbocycles. The van der Waals surface area contributed by atoms with E-state index in [1.54, 1.807) is 6.08 Å². The van der Waals surface area contributed by atoms with E-state index in [0.29, 0.717) is 17.2 Å². The van der Waals surface area contributed by atoms with E-state index in [0.717, 1.165) is 30.0 Å². The van der Waals surface area contributed by atoms with E-state index in [-0.39, 0.29) is 12.2 Å². The van der Waals surface area contributed by atoms with E-state index < -0.39 is 0 Å². The Morgan fingerprint density at radius 2 is 2.00 bits per heavy atom. The minimum absolute atomic E-state index is 0.160. The summed E-state index contributed by atoms with van der Waals surface area (Å²) in [4.78, 5) is 9.83. The topological polar surface area (TPSA) is 78.1 Å². The number of aromatic nitrogens is 2. The van der Waals surface area contributed by atoms with Gasteiger partial charge >= 0.3 is 0 Å². The molecule has 2 unspecified atom stereocenters. The molecule has 3 heterocycles. The molecular weight excluding hydrogens is 328 g/mol. The maximum atomic E-state index is 9.54. The maximum absolute atomic E-state index is 9.54. The van der Waals surface area contributed by atoms with Crippen LogP contribution in [0.3, 0.4) is 0 Å². The highest BCUT2D eigenvalue weighted by molar-refractivity contribution is 5.89. The zero-order valence-corrected chi connectivity index (χ0v) is 14.8. The summed E-state index contributed by atoms with van der Waals surface area (Å²) in [5.74, 6) is 1.96. The largest absolute Gasteiger partial charge is 0.441 e. The fraction of sp³-hybridized carbons (Fsp3) is 0.300. The van der Waals surface area contributed by atoms with Crippen molar-refractivity contribution in [2.75, 3.05) is 18.0 Å². The molecule has 0 bridgehead atoms. The number of aromatic amines is 1. The zero-order valence-electron chi connectivity index (χ0n) is 14.8. The van der Waals surface area contributed by atoms with Crippen molar-refractivity contribution in [3.05, 3.63) is 48.0 Å². The number of fused-ring (bicyclic) bond motifs is 1. The number of nitrogens with one attached hydrogen (secondary N) is 1. The standard InChI is InChI=1S/C20H20N4O2/c1-13-11-24(12-14(2)25-13)19-8-7-16(26-19)9-15(10-21)20-22-17-5-3-4-6-18(17)23-20/h3-9,13-14H,11-12H2,1-2H3,(H,22,23)/b15-9+. The second kappa shape index (κ2) is 6.70. The van der Waals surface area contributed by atoms with Crippen LogP contribution in [0.5, 0.6) is 0 Å². The molecule has 2 atom stereocenters. The van der Waals surface area contributed by atoms with Gasteiger partial charge in [-0.3, -0.25) is 0 Å². The molecule has 1 saturated heterocycles. The van der Waals surface area contributed by atoms with Crippen LogP contribution in [0.4, 0.5) is 5.88 Å². The minimum Gasteiger partial charge on any atom is -0.441 e. The molecule has 1 aliphatic heterocycles. The SMILES string of the molecule is CC1CN(c2ccc(/C=C(\C#N)c3nc4ccccc4[nH]3)o2)CC(C)O1. The third-order valence-corrected chi connectivity index (χ3v) is 4.40. The second-order valence-electron chi connectivity index (χ2n) is 6.61. The van der Waals surface area contributed by atoms with Gasteiger partial charge in [-0.2, -0.15) is 5.26 Å². The third kappa shape index (κ3) is 3.22. The van der Waals surface area contributed by atoms with Gasteiger partial charge < -0.3 is 19.0 Å². The highest BCUT2D eigenvalue weighted by Crippen LogP contribution is 2.26. The fourth-order valence-electron chi connectivity index (χ4n) is 3.32. The summed E-state index contributed by atoms with van der Waals surface area (Å²) in [7, 11) is 0. The van der Waals surface area contributed by atoms with Gasteiger partial charge in [0.2, 0.25) is 0 Å². The number of H-pyrrole nitrogens is 1. The molecule has 1 fully saturated rings. The number of nitriles is 1. The number of benzene rings is 1. The van der Waals surface area contributed by atoms with Crippen LogP contribution in [0, 0.1) is 11.3 Å². The van der Waals surface area contributed by atoms with Crippen molar-refractivity contribution < 1.29 is 9.15 Å². The number of furan rings is 1. The number of allylic oxidation sites excluding steroid dienone is 1. The van der Waals surface area contributed by atoms with Crippen molar-refractivity contribution in [2.45, 2.75) is 26.1 Å². The monoisotopic (exact) mass is 348 g/mol. The summed E-state index contributed by atoms with van der Waals surface area (Å²) >= 11 is 0. The summed E-state index contributed by atoms with van der Waals surface area (Å²) < 4.78 is 11.7. The van der Waals surface area contributed by atoms with E-state index in [4.69, 9.17) is 9.15 Å². The van der Waals surface area contributed by atoms with Crippen molar-refractivity contribution in [1.29, 1.82) is 5.26 Å². The van der Waals surface area contributed by atoms with Crippen LogP contribution in [0.2, 0.25) is 0 Å². The summed E-state index contributed by atoms with van der Waals surface area (Å²) in [6, 6.07) is 13.7. The van der Waals surface area contributed by atoms with Crippen molar-refractivity contribution in [3.8, 4) is 6.07 Å². The lowest BCUT2D eigenvalue weighted by Gasteiger charge is -2.35. The van der Waals surface area contributed by atoms with E-state index in [1.807, 2.05) is 36.4 Å². The van der Waals surface area contributed by atoms with Gasteiger partial charge in [0.25, 0.3) is 0 Å². The molecule has 132 valence electrons. The second-order valence-corrected chi connectivity index (χ2v) is 6.61. The average molecular weight is 348 g/mol. The number of morpholine rings is 1. The summed E-state index contributed by atoms with van der Waals surface area (Å²) in [5.41, 5.74) is 2.17. The van der Waals surface area contributed by atoms with Gasteiger partial charge in [0.1, 0.15) is 17.7 Å². The van der Waals surface area contributed by atoms with Gasteiger partial charge in [-0.05, 0) is 32.0 Å². The summed E-state index contributed by atoms with van der Waals surface area (Å²) in [6.45, 7) is 5.69. The number of nitrogens with zero attached hydrogens (tertiary/aromatic N) is 3. The van der Waals surface area contributed by atoms with Crippen LogP contribution in [-0.2, 0) is 4.74 Å².